The average Bonchev–Trinajstić information content (AvgIpc) is 2.56. The Morgan fingerprint density at radius 1 is 0.765 bits per heavy atom. The summed E-state index contributed by atoms with van der Waals surface area (Å²) in [5.41, 5.74) is 0. The zero-order valence-corrected chi connectivity index (χ0v) is 13.2. The van der Waals surface area contributed by atoms with E-state index < -0.39 is 0 Å². The molecule has 0 nitrogen and oxygen atoms in total. The summed E-state index contributed by atoms with van der Waals surface area (Å²) in [6.07, 6.45) is 12.4. The molecule has 0 radical (unpaired) electrons. The molecule has 0 bridgehead atoms. The van der Waals surface area contributed by atoms with E-state index in [1.807, 2.05) is 0 Å². The molecule has 1 aliphatic carbocycles. The van der Waals surface area contributed by atoms with Crippen LogP contribution in [0.15, 0.2) is 9.81 Å². The van der Waals surface area contributed by atoms with Crippen LogP contribution in [-0.4, -0.2) is 11.5 Å². The standard InChI is InChI=1S/C15H28S2/c1-3-5-12-16-14-10-8-7-9-11-15(14)17-13-6-4-2/h3-13H2,1-2H3. The molecule has 0 N–H and O–H groups in total. The van der Waals surface area contributed by atoms with Crippen molar-refractivity contribution in [1.29, 1.82) is 0 Å². The summed E-state index contributed by atoms with van der Waals surface area (Å²) < 4.78 is 0. The van der Waals surface area contributed by atoms with E-state index in [4.69, 9.17) is 0 Å². The van der Waals surface area contributed by atoms with Gasteiger partial charge in [-0.25, -0.2) is 0 Å². The third kappa shape index (κ3) is 6.81. The Kier molecular flexibility index (Phi) is 9.45. The minimum Gasteiger partial charge on any atom is -0.130 e. The van der Waals surface area contributed by atoms with Gasteiger partial charge in [0, 0.05) is 0 Å². The number of allylic oxidation sites excluding steroid dienone is 2. The second kappa shape index (κ2) is 10.4. The maximum Gasteiger partial charge on any atom is -0.00231 e. The first-order chi connectivity index (χ1) is 8.38. The summed E-state index contributed by atoms with van der Waals surface area (Å²) in [5, 5.41) is 0. The molecule has 0 amide bonds. The van der Waals surface area contributed by atoms with Crippen molar-refractivity contribution >= 4 is 23.5 Å². The van der Waals surface area contributed by atoms with Crippen molar-refractivity contribution in [1.82, 2.24) is 0 Å². The highest BCUT2D eigenvalue weighted by Crippen LogP contribution is 2.38. The second-order valence-corrected chi connectivity index (χ2v) is 7.19. The van der Waals surface area contributed by atoms with E-state index in [-0.39, 0.29) is 0 Å². The first-order valence-corrected chi connectivity index (χ1v) is 9.33. The van der Waals surface area contributed by atoms with Crippen LogP contribution in [0.3, 0.4) is 0 Å². The second-order valence-electron chi connectivity index (χ2n) is 4.81. The lowest BCUT2D eigenvalue weighted by molar-refractivity contribution is 0.715. The minimum atomic E-state index is 1.33. The van der Waals surface area contributed by atoms with Crippen LogP contribution >= 0.6 is 23.5 Å². The van der Waals surface area contributed by atoms with Gasteiger partial charge in [0.05, 0.1) is 0 Å². The van der Waals surface area contributed by atoms with Crippen molar-refractivity contribution in [2.75, 3.05) is 11.5 Å². The molecule has 0 heterocycles. The summed E-state index contributed by atoms with van der Waals surface area (Å²) in [4.78, 5) is 3.49. The van der Waals surface area contributed by atoms with E-state index in [0.717, 1.165) is 0 Å². The normalized spacial score (nSPS) is 17.3. The average molecular weight is 273 g/mol. The maximum atomic E-state index is 2.29. The van der Waals surface area contributed by atoms with Crippen molar-refractivity contribution in [2.45, 2.75) is 71.6 Å². The van der Waals surface area contributed by atoms with Crippen molar-refractivity contribution in [2.24, 2.45) is 0 Å². The highest BCUT2D eigenvalue weighted by molar-refractivity contribution is 8.06. The van der Waals surface area contributed by atoms with E-state index in [9.17, 15) is 0 Å². The topological polar surface area (TPSA) is 0 Å². The molecule has 0 aromatic carbocycles. The Bertz CT molecular complexity index is 199. The predicted molar refractivity (Wildman–Crippen MR) is 84.8 cm³/mol. The first-order valence-electron chi connectivity index (χ1n) is 7.36. The van der Waals surface area contributed by atoms with Crippen LogP contribution in [0.1, 0.15) is 71.6 Å². The molecule has 0 saturated carbocycles. The molecule has 0 fully saturated rings. The maximum absolute atomic E-state index is 2.29. The quantitative estimate of drug-likeness (QED) is 0.480. The van der Waals surface area contributed by atoms with Gasteiger partial charge in [-0.15, -0.1) is 23.5 Å². The van der Waals surface area contributed by atoms with Gasteiger partial charge >= 0.3 is 0 Å². The van der Waals surface area contributed by atoms with Crippen LogP contribution < -0.4 is 0 Å². The molecule has 0 spiro atoms. The fourth-order valence-corrected chi connectivity index (χ4v) is 4.83. The van der Waals surface area contributed by atoms with E-state index in [0.29, 0.717) is 0 Å². The summed E-state index contributed by atoms with van der Waals surface area (Å²) in [6, 6.07) is 0. The van der Waals surface area contributed by atoms with Gasteiger partial charge in [-0.3, -0.25) is 0 Å². The van der Waals surface area contributed by atoms with Gasteiger partial charge < -0.3 is 0 Å². The summed E-state index contributed by atoms with van der Waals surface area (Å²) in [7, 11) is 0. The largest absolute Gasteiger partial charge is 0.130 e. The van der Waals surface area contributed by atoms with Gasteiger partial charge in [-0.2, -0.15) is 0 Å². The van der Waals surface area contributed by atoms with Gasteiger partial charge in [0.25, 0.3) is 0 Å². The molecular formula is C15H28S2. The predicted octanol–water partition coefficient (Wildman–Crippen LogP) is 6.23. The fraction of sp³-hybridized carbons (Fsp3) is 0.867. The summed E-state index contributed by atoms with van der Waals surface area (Å²) in [5.74, 6) is 2.67. The lowest BCUT2D eigenvalue weighted by atomic mass is 10.2. The Morgan fingerprint density at radius 3 is 1.65 bits per heavy atom. The van der Waals surface area contributed by atoms with Gasteiger partial charge in [-0.1, -0.05) is 33.1 Å². The zero-order valence-electron chi connectivity index (χ0n) is 11.6. The first kappa shape index (κ1) is 15.5. The fourth-order valence-electron chi connectivity index (χ4n) is 2.01. The van der Waals surface area contributed by atoms with Gasteiger partial charge in [0.2, 0.25) is 0 Å². The Morgan fingerprint density at radius 2 is 1.24 bits per heavy atom. The van der Waals surface area contributed by atoms with Crippen LogP contribution in [0.2, 0.25) is 0 Å². The van der Waals surface area contributed by atoms with Crippen molar-refractivity contribution in [3.05, 3.63) is 9.81 Å². The third-order valence-electron chi connectivity index (χ3n) is 3.17. The number of unbranched alkanes of at least 4 members (excludes halogenated alkanes) is 2. The molecule has 0 aliphatic heterocycles. The molecule has 100 valence electrons. The van der Waals surface area contributed by atoms with Gasteiger partial charge in [-0.05, 0) is 59.8 Å². The Balaban J connectivity index is 2.45. The lowest BCUT2D eigenvalue weighted by Gasteiger charge is -2.11. The number of thioether (sulfide) groups is 2. The monoisotopic (exact) mass is 272 g/mol. The van der Waals surface area contributed by atoms with Crippen molar-refractivity contribution in [3.8, 4) is 0 Å². The highest BCUT2D eigenvalue weighted by atomic mass is 32.2. The molecule has 0 atom stereocenters. The molecule has 17 heavy (non-hydrogen) atoms. The SMILES string of the molecule is CCCCSC1=C(SCCCC)CCCCC1. The number of rotatable bonds is 8. The van der Waals surface area contributed by atoms with Gasteiger partial charge in [0.15, 0.2) is 0 Å². The highest BCUT2D eigenvalue weighted by Gasteiger charge is 2.12. The molecule has 1 aliphatic rings. The van der Waals surface area contributed by atoms with E-state index >= 15 is 0 Å². The van der Waals surface area contributed by atoms with Gasteiger partial charge in [0.1, 0.15) is 0 Å². The van der Waals surface area contributed by atoms with E-state index in [2.05, 4.69) is 37.4 Å². The number of hydrogen-bond donors (Lipinski definition) is 0. The Hall–Kier alpha value is 0.440. The van der Waals surface area contributed by atoms with Crippen LogP contribution in [0.25, 0.3) is 0 Å². The third-order valence-corrected chi connectivity index (χ3v) is 5.88. The van der Waals surface area contributed by atoms with E-state index in [1.54, 1.807) is 9.81 Å². The molecule has 1 rings (SSSR count). The molecule has 0 aromatic heterocycles. The molecular weight excluding hydrogens is 244 g/mol. The Labute approximate surface area is 116 Å². The summed E-state index contributed by atoms with van der Waals surface area (Å²) >= 11 is 4.32. The van der Waals surface area contributed by atoms with Crippen molar-refractivity contribution in [3.63, 3.8) is 0 Å². The molecule has 0 saturated heterocycles. The number of hydrogen-bond acceptors (Lipinski definition) is 2. The lowest BCUT2D eigenvalue weighted by Crippen LogP contribution is -1.88. The van der Waals surface area contributed by atoms with Crippen LogP contribution in [0.4, 0.5) is 0 Å². The van der Waals surface area contributed by atoms with E-state index in [1.165, 1.54) is 69.3 Å². The minimum absolute atomic E-state index is 1.33. The van der Waals surface area contributed by atoms with Crippen molar-refractivity contribution < 1.29 is 0 Å². The van der Waals surface area contributed by atoms with Crippen LogP contribution in [-0.2, 0) is 0 Å². The van der Waals surface area contributed by atoms with Crippen LogP contribution in [0, 0.1) is 0 Å². The summed E-state index contributed by atoms with van der Waals surface area (Å²) in [6.45, 7) is 4.58. The molecule has 2 heteroatoms. The van der Waals surface area contributed by atoms with Crippen LogP contribution in [0.5, 0.6) is 0 Å². The smallest absolute Gasteiger partial charge is 0.00231 e. The zero-order chi connectivity index (χ0) is 12.3. The molecule has 0 unspecified atom stereocenters. The molecule has 0 aromatic rings.